The van der Waals surface area contributed by atoms with Gasteiger partial charge in [0.25, 0.3) is 11.8 Å². The number of allylic oxidation sites excluding steroid dienone is 2. The van der Waals surface area contributed by atoms with Gasteiger partial charge in [-0.05, 0) is 41.5 Å². The molecule has 0 spiro atoms. The van der Waals surface area contributed by atoms with E-state index in [0.717, 1.165) is 41.5 Å². The number of aromatic nitrogens is 1. The first-order valence-electron chi connectivity index (χ1n) is 13.3. The van der Waals surface area contributed by atoms with Gasteiger partial charge in [0.05, 0.1) is 16.8 Å². The second-order valence-electron chi connectivity index (χ2n) is 10.1. The maximum Gasteiger partial charge on any atom is 0.272 e. The molecule has 3 aromatic rings. The van der Waals surface area contributed by atoms with Gasteiger partial charge in [0, 0.05) is 12.6 Å². The molecule has 1 unspecified atom stereocenters. The SMILES string of the molecule is C=C/C=C(\C=C)C1(C(=O)NC2CCCCCCC2)Cn2c(cc3sccc32)C(=O)N1Cc1ccccc1. The molecular weight excluding hydrogens is 478 g/mol. The van der Waals surface area contributed by atoms with Crippen LogP contribution in [-0.2, 0) is 17.9 Å². The summed E-state index contributed by atoms with van der Waals surface area (Å²) >= 11 is 1.61. The number of rotatable bonds is 7. The molecule has 3 heterocycles. The molecule has 1 N–H and O–H groups in total. The first kappa shape index (κ1) is 25.3. The molecule has 2 amide bonds. The van der Waals surface area contributed by atoms with Crippen molar-refractivity contribution in [3.05, 3.63) is 96.1 Å². The predicted molar refractivity (Wildman–Crippen MR) is 152 cm³/mol. The Morgan fingerprint density at radius 1 is 1.08 bits per heavy atom. The number of carbonyl (C=O) groups is 2. The van der Waals surface area contributed by atoms with Crippen molar-refractivity contribution in [2.45, 2.75) is 69.6 Å². The minimum absolute atomic E-state index is 0.0976. The fourth-order valence-electron chi connectivity index (χ4n) is 5.90. The van der Waals surface area contributed by atoms with Crippen LogP contribution in [-0.4, -0.2) is 32.9 Å². The normalized spacial score (nSPS) is 21.2. The summed E-state index contributed by atoms with van der Waals surface area (Å²) in [5.41, 5.74) is 2.00. The summed E-state index contributed by atoms with van der Waals surface area (Å²) in [5, 5.41) is 5.44. The molecule has 2 aromatic heterocycles. The molecule has 1 aliphatic carbocycles. The smallest absolute Gasteiger partial charge is 0.272 e. The van der Waals surface area contributed by atoms with E-state index >= 15 is 0 Å². The zero-order chi connectivity index (χ0) is 25.8. The fourth-order valence-corrected chi connectivity index (χ4v) is 6.72. The number of nitrogens with zero attached hydrogens (tertiary/aromatic N) is 2. The van der Waals surface area contributed by atoms with E-state index in [1.165, 1.54) is 19.3 Å². The summed E-state index contributed by atoms with van der Waals surface area (Å²) in [7, 11) is 0. The van der Waals surface area contributed by atoms with Crippen LogP contribution in [0.5, 0.6) is 0 Å². The van der Waals surface area contributed by atoms with Crippen molar-refractivity contribution in [3.8, 4) is 0 Å². The number of nitrogens with one attached hydrogen (secondary N) is 1. The van der Waals surface area contributed by atoms with Gasteiger partial charge >= 0.3 is 0 Å². The van der Waals surface area contributed by atoms with E-state index in [4.69, 9.17) is 0 Å². The van der Waals surface area contributed by atoms with Crippen molar-refractivity contribution in [1.82, 2.24) is 14.8 Å². The topological polar surface area (TPSA) is 54.3 Å². The monoisotopic (exact) mass is 513 g/mol. The average Bonchev–Trinajstić information content (AvgIpc) is 3.49. The molecule has 0 bridgehead atoms. The van der Waals surface area contributed by atoms with Gasteiger partial charge in [-0.2, -0.15) is 0 Å². The van der Waals surface area contributed by atoms with Crippen LogP contribution in [0.15, 0.2) is 84.8 Å². The van der Waals surface area contributed by atoms with Crippen LogP contribution in [0.4, 0.5) is 0 Å². The van der Waals surface area contributed by atoms with Crippen molar-refractivity contribution < 1.29 is 9.59 Å². The van der Waals surface area contributed by atoms with Crippen molar-refractivity contribution in [2.75, 3.05) is 0 Å². The highest BCUT2D eigenvalue weighted by atomic mass is 32.1. The van der Waals surface area contributed by atoms with E-state index in [1.54, 1.807) is 28.4 Å². The van der Waals surface area contributed by atoms with Crippen LogP contribution in [0.25, 0.3) is 10.2 Å². The van der Waals surface area contributed by atoms with E-state index in [9.17, 15) is 9.59 Å². The van der Waals surface area contributed by atoms with Gasteiger partial charge in [-0.15, -0.1) is 11.3 Å². The Bertz CT molecular complexity index is 1330. The molecule has 1 atom stereocenters. The summed E-state index contributed by atoms with van der Waals surface area (Å²) < 4.78 is 3.07. The van der Waals surface area contributed by atoms with Crippen LogP contribution in [0.1, 0.15) is 61.0 Å². The van der Waals surface area contributed by atoms with Crippen LogP contribution >= 0.6 is 11.3 Å². The van der Waals surface area contributed by atoms with Crippen molar-refractivity contribution in [3.63, 3.8) is 0 Å². The number of hydrogen-bond acceptors (Lipinski definition) is 3. The first-order valence-corrected chi connectivity index (χ1v) is 14.2. The van der Waals surface area contributed by atoms with Crippen molar-refractivity contribution >= 4 is 33.4 Å². The molecule has 5 nitrogen and oxygen atoms in total. The van der Waals surface area contributed by atoms with Crippen molar-refractivity contribution in [1.29, 1.82) is 0 Å². The van der Waals surface area contributed by atoms with E-state index in [1.807, 2.05) is 58.5 Å². The molecular formula is C31H35N3O2S. The standard InChI is InChI=1S/C31H35N3O2S/c1-3-13-24(4-2)31(30(36)32-25-16-11-6-5-7-12-17-25)22-33-26-18-19-37-28(26)20-27(33)29(35)34(31)21-23-14-9-8-10-15-23/h3-4,8-10,13-15,18-20,25H,1-2,5-7,11-12,16-17,21-22H2,(H,32,36)/b24-13+. The second-order valence-corrected chi connectivity index (χ2v) is 11.0. The van der Waals surface area contributed by atoms with Gasteiger partial charge in [-0.25, -0.2) is 0 Å². The molecule has 192 valence electrons. The number of benzene rings is 1. The van der Waals surface area contributed by atoms with Gasteiger partial charge in [0.1, 0.15) is 5.69 Å². The van der Waals surface area contributed by atoms with E-state index in [-0.39, 0.29) is 17.9 Å². The Morgan fingerprint density at radius 2 is 1.81 bits per heavy atom. The molecule has 1 aromatic carbocycles. The fraction of sp³-hybridized carbons (Fsp3) is 0.355. The largest absolute Gasteiger partial charge is 0.351 e. The molecule has 0 radical (unpaired) electrons. The predicted octanol–water partition coefficient (Wildman–Crippen LogP) is 6.63. The summed E-state index contributed by atoms with van der Waals surface area (Å²) in [6.45, 7) is 8.63. The molecule has 0 saturated heterocycles. The van der Waals surface area contributed by atoms with Gasteiger partial charge in [0.2, 0.25) is 0 Å². The lowest BCUT2D eigenvalue weighted by Gasteiger charge is -2.47. The Hall–Kier alpha value is -3.38. The third-order valence-electron chi connectivity index (χ3n) is 7.83. The summed E-state index contributed by atoms with van der Waals surface area (Å²) in [5.74, 6) is -0.291. The van der Waals surface area contributed by atoms with Crippen LogP contribution < -0.4 is 5.32 Å². The third kappa shape index (κ3) is 4.71. The second kappa shape index (κ2) is 10.9. The lowest BCUT2D eigenvalue weighted by atomic mass is 9.82. The minimum atomic E-state index is -1.26. The molecule has 6 heteroatoms. The molecule has 1 aliphatic heterocycles. The van der Waals surface area contributed by atoms with Gasteiger partial charge < -0.3 is 14.8 Å². The summed E-state index contributed by atoms with van der Waals surface area (Å²) in [6.07, 6.45) is 13.0. The highest BCUT2D eigenvalue weighted by Crippen LogP contribution is 2.40. The van der Waals surface area contributed by atoms with Gasteiger partial charge in [-0.1, -0.05) is 93.8 Å². The van der Waals surface area contributed by atoms with Gasteiger partial charge in [0.15, 0.2) is 5.54 Å². The average molecular weight is 514 g/mol. The maximum absolute atomic E-state index is 14.6. The first-order chi connectivity index (χ1) is 18.1. The number of fused-ring (bicyclic) bond motifs is 3. The Morgan fingerprint density at radius 3 is 2.51 bits per heavy atom. The van der Waals surface area contributed by atoms with E-state index in [2.05, 4.69) is 18.5 Å². The lowest BCUT2D eigenvalue weighted by Crippen LogP contribution is -2.66. The van der Waals surface area contributed by atoms with E-state index < -0.39 is 5.54 Å². The Labute approximate surface area is 223 Å². The number of thiophene rings is 1. The minimum Gasteiger partial charge on any atom is -0.351 e. The highest BCUT2D eigenvalue weighted by molar-refractivity contribution is 7.17. The Balaban J connectivity index is 1.65. The molecule has 1 fully saturated rings. The lowest BCUT2D eigenvalue weighted by molar-refractivity contribution is -0.132. The quantitative estimate of drug-likeness (QED) is 0.361. The van der Waals surface area contributed by atoms with Crippen LogP contribution in [0.3, 0.4) is 0 Å². The molecule has 5 rings (SSSR count). The third-order valence-corrected chi connectivity index (χ3v) is 8.68. The number of hydrogen-bond donors (Lipinski definition) is 1. The zero-order valence-electron chi connectivity index (χ0n) is 21.3. The van der Waals surface area contributed by atoms with Gasteiger partial charge in [-0.3, -0.25) is 9.59 Å². The molecule has 37 heavy (non-hydrogen) atoms. The number of carbonyl (C=O) groups excluding carboxylic acids is 2. The zero-order valence-corrected chi connectivity index (χ0v) is 22.1. The molecule has 2 aliphatic rings. The molecule has 1 saturated carbocycles. The maximum atomic E-state index is 14.6. The van der Waals surface area contributed by atoms with Crippen LogP contribution in [0, 0.1) is 0 Å². The van der Waals surface area contributed by atoms with E-state index in [0.29, 0.717) is 24.4 Å². The Kier molecular flexibility index (Phi) is 7.47. The van der Waals surface area contributed by atoms with Crippen LogP contribution in [0.2, 0.25) is 0 Å². The number of amides is 2. The van der Waals surface area contributed by atoms with Crippen molar-refractivity contribution in [2.24, 2.45) is 0 Å². The summed E-state index contributed by atoms with van der Waals surface area (Å²) in [6, 6.07) is 14.0. The highest BCUT2D eigenvalue weighted by Gasteiger charge is 2.53. The summed E-state index contributed by atoms with van der Waals surface area (Å²) in [4.78, 5) is 30.6.